The number of carbonyl (C=O) groups is 1. The Labute approximate surface area is 138 Å². The van der Waals surface area contributed by atoms with Gasteiger partial charge in [0.05, 0.1) is 30.8 Å². The van der Waals surface area contributed by atoms with E-state index in [9.17, 15) is 4.79 Å². The number of anilines is 1. The third-order valence-corrected chi connectivity index (χ3v) is 3.42. The van der Waals surface area contributed by atoms with E-state index in [1.54, 1.807) is 37.4 Å². The molecule has 0 radical (unpaired) electrons. The van der Waals surface area contributed by atoms with Crippen molar-refractivity contribution in [3.63, 3.8) is 0 Å². The summed E-state index contributed by atoms with van der Waals surface area (Å²) in [7, 11) is 1.57. The van der Waals surface area contributed by atoms with Crippen LogP contribution in [0.3, 0.4) is 0 Å². The summed E-state index contributed by atoms with van der Waals surface area (Å²) in [6.07, 6.45) is 0.181. The highest BCUT2D eigenvalue weighted by Gasteiger charge is 2.08. The molecule has 2 rings (SSSR count). The second-order valence-corrected chi connectivity index (χ2v) is 5.27. The first kappa shape index (κ1) is 16.5. The second kappa shape index (κ2) is 7.92. The van der Waals surface area contributed by atoms with Crippen LogP contribution in [0.5, 0.6) is 11.5 Å². The summed E-state index contributed by atoms with van der Waals surface area (Å²) >= 11 is 11.9. The minimum absolute atomic E-state index is 0.181. The molecule has 0 unspecified atom stereocenters. The molecule has 0 aliphatic carbocycles. The number of methoxy groups -OCH3 is 1. The van der Waals surface area contributed by atoms with Crippen LogP contribution in [0.25, 0.3) is 0 Å². The summed E-state index contributed by atoms with van der Waals surface area (Å²) in [5.74, 6) is 1.01. The van der Waals surface area contributed by atoms with Crippen LogP contribution in [-0.4, -0.2) is 19.6 Å². The van der Waals surface area contributed by atoms with Crippen molar-refractivity contribution in [2.75, 3.05) is 19.0 Å². The fraction of sp³-hybridized carbons (Fsp3) is 0.188. The number of rotatable bonds is 6. The topological polar surface area (TPSA) is 47.6 Å². The fourth-order valence-corrected chi connectivity index (χ4v) is 2.13. The molecular formula is C16H15Cl2NO3. The Morgan fingerprint density at radius 2 is 1.86 bits per heavy atom. The third-order valence-electron chi connectivity index (χ3n) is 2.86. The van der Waals surface area contributed by atoms with Gasteiger partial charge < -0.3 is 14.8 Å². The molecule has 0 bridgehead atoms. The van der Waals surface area contributed by atoms with E-state index in [1.807, 2.05) is 12.1 Å². The molecule has 0 atom stereocenters. The highest BCUT2D eigenvalue weighted by molar-refractivity contribution is 6.35. The Morgan fingerprint density at radius 3 is 2.59 bits per heavy atom. The van der Waals surface area contributed by atoms with Crippen LogP contribution in [-0.2, 0) is 4.79 Å². The summed E-state index contributed by atoms with van der Waals surface area (Å²) < 4.78 is 10.7. The lowest BCUT2D eigenvalue weighted by atomic mass is 10.3. The molecule has 22 heavy (non-hydrogen) atoms. The molecule has 6 heteroatoms. The van der Waals surface area contributed by atoms with Crippen molar-refractivity contribution >= 4 is 34.8 Å². The van der Waals surface area contributed by atoms with E-state index in [0.29, 0.717) is 27.2 Å². The van der Waals surface area contributed by atoms with E-state index in [2.05, 4.69) is 5.32 Å². The van der Waals surface area contributed by atoms with Gasteiger partial charge in [-0.1, -0.05) is 35.3 Å². The van der Waals surface area contributed by atoms with E-state index in [0.717, 1.165) is 0 Å². The number of para-hydroxylation sites is 2. The normalized spacial score (nSPS) is 10.1. The number of nitrogens with one attached hydrogen (secondary N) is 1. The molecule has 0 aromatic heterocycles. The van der Waals surface area contributed by atoms with Gasteiger partial charge in [0.15, 0.2) is 11.5 Å². The van der Waals surface area contributed by atoms with E-state index in [1.165, 1.54) is 0 Å². The van der Waals surface area contributed by atoms with Gasteiger partial charge in [-0.25, -0.2) is 0 Å². The van der Waals surface area contributed by atoms with Crippen LogP contribution >= 0.6 is 23.2 Å². The number of benzene rings is 2. The number of ether oxygens (including phenoxy) is 2. The van der Waals surface area contributed by atoms with Crippen LogP contribution in [0.4, 0.5) is 5.69 Å². The molecule has 0 aliphatic heterocycles. The van der Waals surface area contributed by atoms with Crippen molar-refractivity contribution < 1.29 is 14.3 Å². The first-order chi connectivity index (χ1) is 10.6. The number of amides is 1. The van der Waals surface area contributed by atoms with Crippen LogP contribution in [0, 0.1) is 0 Å². The van der Waals surface area contributed by atoms with Gasteiger partial charge in [-0.05, 0) is 30.3 Å². The van der Waals surface area contributed by atoms with Crippen molar-refractivity contribution in [2.24, 2.45) is 0 Å². The first-order valence-corrected chi connectivity index (χ1v) is 7.36. The largest absolute Gasteiger partial charge is 0.493 e. The number of carbonyl (C=O) groups excluding carboxylic acids is 1. The Hall–Kier alpha value is -1.91. The maximum Gasteiger partial charge on any atom is 0.227 e. The monoisotopic (exact) mass is 339 g/mol. The molecular weight excluding hydrogens is 325 g/mol. The number of hydrogen-bond donors (Lipinski definition) is 1. The molecule has 0 saturated heterocycles. The van der Waals surface area contributed by atoms with Crippen molar-refractivity contribution in [1.82, 2.24) is 0 Å². The van der Waals surface area contributed by atoms with E-state index < -0.39 is 0 Å². The minimum atomic E-state index is -0.209. The Morgan fingerprint density at radius 1 is 1.14 bits per heavy atom. The van der Waals surface area contributed by atoms with Crippen molar-refractivity contribution in [3.8, 4) is 11.5 Å². The van der Waals surface area contributed by atoms with Crippen molar-refractivity contribution in [2.45, 2.75) is 6.42 Å². The van der Waals surface area contributed by atoms with Crippen molar-refractivity contribution in [1.29, 1.82) is 0 Å². The summed E-state index contributed by atoms with van der Waals surface area (Å²) in [4.78, 5) is 11.9. The molecule has 0 aliphatic rings. The molecule has 2 aromatic rings. The molecule has 0 heterocycles. The molecule has 2 aromatic carbocycles. The van der Waals surface area contributed by atoms with E-state index in [4.69, 9.17) is 32.7 Å². The van der Waals surface area contributed by atoms with Gasteiger partial charge in [-0.2, -0.15) is 0 Å². The lowest BCUT2D eigenvalue weighted by Gasteiger charge is -2.11. The molecule has 4 nitrogen and oxygen atoms in total. The predicted octanol–water partition coefficient (Wildman–Crippen LogP) is 4.41. The van der Waals surface area contributed by atoms with Gasteiger partial charge in [0.25, 0.3) is 0 Å². The van der Waals surface area contributed by atoms with Crippen molar-refractivity contribution in [3.05, 3.63) is 52.5 Å². The Kier molecular flexibility index (Phi) is 5.92. The fourth-order valence-electron chi connectivity index (χ4n) is 1.80. The number of halogens is 2. The zero-order valence-electron chi connectivity index (χ0n) is 11.9. The maximum absolute atomic E-state index is 11.9. The van der Waals surface area contributed by atoms with Crippen LogP contribution < -0.4 is 14.8 Å². The minimum Gasteiger partial charge on any atom is -0.493 e. The first-order valence-electron chi connectivity index (χ1n) is 6.61. The lowest BCUT2D eigenvalue weighted by Crippen LogP contribution is -2.15. The van der Waals surface area contributed by atoms with Crippen LogP contribution in [0.15, 0.2) is 42.5 Å². The van der Waals surface area contributed by atoms with E-state index >= 15 is 0 Å². The summed E-state index contributed by atoms with van der Waals surface area (Å²) in [5, 5.41) is 3.64. The molecule has 0 saturated carbocycles. The average Bonchev–Trinajstić information content (AvgIpc) is 2.51. The quantitative estimate of drug-likeness (QED) is 0.847. The van der Waals surface area contributed by atoms with Gasteiger partial charge in [0.1, 0.15) is 0 Å². The van der Waals surface area contributed by atoms with Gasteiger partial charge in [0, 0.05) is 5.02 Å². The number of hydrogen-bond acceptors (Lipinski definition) is 3. The summed E-state index contributed by atoms with van der Waals surface area (Å²) in [6, 6.07) is 12.1. The van der Waals surface area contributed by atoms with E-state index in [-0.39, 0.29) is 18.9 Å². The zero-order chi connectivity index (χ0) is 15.9. The maximum atomic E-state index is 11.9. The molecule has 116 valence electrons. The third kappa shape index (κ3) is 4.55. The standard InChI is InChI=1S/C16H15Cl2NO3/c1-21-14-4-2-3-5-15(14)22-9-8-16(20)19-13-10-11(17)6-7-12(13)18/h2-7,10H,8-9H2,1H3,(H,19,20). The van der Waals surface area contributed by atoms with Gasteiger partial charge in [-0.3, -0.25) is 4.79 Å². The summed E-state index contributed by atoms with van der Waals surface area (Å²) in [5.41, 5.74) is 0.483. The highest BCUT2D eigenvalue weighted by Crippen LogP contribution is 2.27. The summed E-state index contributed by atoms with van der Waals surface area (Å²) in [6.45, 7) is 0.227. The Balaban J connectivity index is 1.87. The molecule has 0 fully saturated rings. The van der Waals surface area contributed by atoms with Crippen LogP contribution in [0.1, 0.15) is 6.42 Å². The molecule has 1 amide bonds. The van der Waals surface area contributed by atoms with Gasteiger partial charge >= 0.3 is 0 Å². The highest BCUT2D eigenvalue weighted by atomic mass is 35.5. The SMILES string of the molecule is COc1ccccc1OCCC(=O)Nc1cc(Cl)ccc1Cl. The second-order valence-electron chi connectivity index (χ2n) is 4.42. The van der Waals surface area contributed by atoms with Gasteiger partial charge in [0.2, 0.25) is 5.91 Å². The average molecular weight is 340 g/mol. The lowest BCUT2D eigenvalue weighted by molar-refractivity contribution is -0.116. The smallest absolute Gasteiger partial charge is 0.227 e. The molecule has 0 spiro atoms. The predicted molar refractivity (Wildman–Crippen MR) is 88.2 cm³/mol. The van der Waals surface area contributed by atoms with Gasteiger partial charge in [-0.15, -0.1) is 0 Å². The molecule has 1 N–H and O–H groups in total. The van der Waals surface area contributed by atoms with Crippen LogP contribution in [0.2, 0.25) is 10.0 Å². The zero-order valence-corrected chi connectivity index (χ0v) is 13.4. The Bertz CT molecular complexity index is 662.